The summed E-state index contributed by atoms with van der Waals surface area (Å²) in [6.45, 7) is 0.707. The van der Waals surface area contributed by atoms with Gasteiger partial charge >= 0.3 is 0 Å². The van der Waals surface area contributed by atoms with Crippen LogP contribution in [0.15, 0.2) is 0 Å². The largest absolute Gasteiger partial charge is 0.377 e. The van der Waals surface area contributed by atoms with Crippen LogP contribution in [0, 0.1) is 0 Å². The van der Waals surface area contributed by atoms with Gasteiger partial charge in [0.1, 0.15) is 6.61 Å². The topological polar surface area (TPSA) is 38.3 Å². The second-order valence-electron chi connectivity index (χ2n) is 3.33. The molecule has 1 aliphatic carbocycles. The van der Waals surface area contributed by atoms with Crippen LogP contribution in [0.5, 0.6) is 0 Å². The second kappa shape index (κ2) is 5.27. The van der Waals surface area contributed by atoms with Crippen molar-refractivity contribution in [1.29, 1.82) is 0 Å². The van der Waals surface area contributed by atoms with E-state index in [2.05, 4.69) is 5.32 Å². The zero-order chi connectivity index (χ0) is 8.81. The fourth-order valence-electron chi connectivity index (χ4n) is 1.60. The first-order valence-corrected chi connectivity index (χ1v) is 4.57. The third kappa shape index (κ3) is 3.32. The number of carbonyl (C=O) groups excluding carboxylic acids is 1. The van der Waals surface area contributed by atoms with E-state index in [1.165, 1.54) is 25.7 Å². The van der Waals surface area contributed by atoms with Crippen LogP contribution in [-0.2, 0) is 9.53 Å². The van der Waals surface area contributed by atoms with Crippen molar-refractivity contribution in [2.45, 2.75) is 31.7 Å². The molecule has 0 amide bonds. The number of carbonyl (C=O) groups is 1. The van der Waals surface area contributed by atoms with E-state index in [1.54, 1.807) is 7.11 Å². The molecule has 0 saturated heterocycles. The van der Waals surface area contributed by atoms with Gasteiger partial charge in [-0.3, -0.25) is 4.79 Å². The summed E-state index contributed by atoms with van der Waals surface area (Å²) in [4.78, 5) is 11.0. The molecule has 12 heavy (non-hydrogen) atoms. The molecule has 0 aromatic heterocycles. The standard InChI is InChI=1S/C9H17NO2/c1-12-7-9(11)6-10-8-4-2-3-5-8/h8,10H,2-7H2,1H3. The Balaban J connectivity index is 2.03. The lowest BCUT2D eigenvalue weighted by Gasteiger charge is -2.09. The van der Waals surface area contributed by atoms with Crippen molar-refractivity contribution in [1.82, 2.24) is 5.32 Å². The number of rotatable bonds is 5. The molecule has 70 valence electrons. The molecule has 3 nitrogen and oxygen atoms in total. The molecule has 0 spiro atoms. The summed E-state index contributed by atoms with van der Waals surface area (Å²) in [7, 11) is 1.55. The van der Waals surface area contributed by atoms with E-state index in [-0.39, 0.29) is 12.4 Å². The van der Waals surface area contributed by atoms with Crippen molar-refractivity contribution in [3.8, 4) is 0 Å². The molecule has 0 heterocycles. The van der Waals surface area contributed by atoms with Crippen molar-refractivity contribution in [2.75, 3.05) is 20.3 Å². The predicted octanol–water partition coefficient (Wildman–Crippen LogP) is 0.734. The molecule has 0 bridgehead atoms. The average molecular weight is 171 g/mol. The van der Waals surface area contributed by atoms with Gasteiger partial charge in [0.05, 0.1) is 6.54 Å². The molecule has 0 aliphatic heterocycles. The Morgan fingerprint density at radius 2 is 2.17 bits per heavy atom. The lowest BCUT2D eigenvalue weighted by Crippen LogP contribution is -2.32. The normalized spacial score (nSPS) is 18.4. The predicted molar refractivity (Wildman–Crippen MR) is 47.1 cm³/mol. The minimum atomic E-state index is 0.143. The molecule has 1 rings (SSSR count). The molecule has 1 N–H and O–H groups in total. The van der Waals surface area contributed by atoms with Crippen molar-refractivity contribution in [3.05, 3.63) is 0 Å². The van der Waals surface area contributed by atoms with Crippen LogP contribution in [-0.4, -0.2) is 32.1 Å². The second-order valence-corrected chi connectivity index (χ2v) is 3.33. The van der Waals surface area contributed by atoms with E-state index < -0.39 is 0 Å². The Labute approximate surface area is 73.5 Å². The van der Waals surface area contributed by atoms with Crippen molar-refractivity contribution < 1.29 is 9.53 Å². The number of hydrogen-bond acceptors (Lipinski definition) is 3. The number of hydrogen-bond donors (Lipinski definition) is 1. The third-order valence-corrected chi connectivity index (χ3v) is 2.25. The summed E-state index contributed by atoms with van der Waals surface area (Å²) in [5.74, 6) is 0.143. The Hall–Kier alpha value is -0.410. The molecule has 0 radical (unpaired) electrons. The minimum absolute atomic E-state index is 0.143. The fraction of sp³-hybridized carbons (Fsp3) is 0.889. The number of ether oxygens (including phenoxy) is 1. The lowest BCUT2D eigenvalue weighted by molar-refractivity contribution is -0.121. The van der Waals surface area contributed by atoms with Gasteiger partial charge in [0.25, 0.3) is 0 Å². The van der Waals surface area contributed by atoms with E-state index in [0.717, 1.165) is 0 Å². The van der Waals surface area contributed by atoms with E-state index >= 15 is 0 Å². The average Bonchev–Trinajstić information content (AvgIpc) is 2.53. The molecule has 3 heteroatoms. The maximum atomic E-state index is 11.0. The van der Waals surface area contributed by atoms with Gasteiger partial charge in [0.2, 0.25) is 0 Å². The van der Waals surface area contributed by atoms with Gasteiger partial charge in [-0.1, -0.05) is 12.8 Å². The number of nitrogens with one attached hydrogen (secondary N) is 1. The van der Waals surface area contributed by atoms with Crippen LogP contribution in [0.25, 0.3) is 0 Å². The summed E-state index contributed by atoms with van der Waals surface area (Å²) in [5.41, 5.74) is 0. The molecule has 1 aliphatic rings. The summed E-state index contributed by atoms with van der Waals surface area (Å²) < 4.78 is 4.73. The van der Waals surface area contributed by atoms with E-state index in [4.69, 9.17) is 4.74 Å². The monoisotopic (exact) mass is 171 g/mol. The molecule has 1 fully saturated rings. The van der Waals surface area contributed by atoms with Gasteiger partial charge in [-0.15, -0.1) is 0 Å². The molecule has 0 atom stereocenters. The Morgan fingerprint density at radius 3 is 2.75 bits per heavy atom. The van der Waals surface area contributed by atoms with Gasteiger partial charge in [0.15, 0.2) is 5.78 Å². The first kappa shape index (κ1) is 9.68. The summed E-state index contributed by atoms with van der Waals surface area (Å²) in [6.07, 6.45) is 5.05. The number of methoxy groups -OCH3 is 1. The first-order valence-electron chi connectivity index (χ1n) is 4.57. The number of ketones is 1. The summed E-state index contributed by atoms with van der Waals surface area (Å²) in [5, 5.41) is 3.24. The molecule has 1 saturated carbocycles. The van der Waals surface area contributed by atoms with Gasteiger partial charge in [-0.25, -0.2) is 0 Å². The SMILES string of the molecule is COCC(=O)CNC1CCCC1. The van der Waals surface area contributed by atoms with Crippen LogP contribution in [0.4, 0.5) is 0 Å². The zero-order valence-electron chi connectivity index (χ0n) is 7.64. The quantitative estimate of drug-likeness (QED) is 0.663. The highest BCUT2D eigenvalue weighted by Gasteiger charge is 2.14. The van der Waals surface area contributed by atoms with Gasteiger partial charge in [-0.2, -0.15) is 0 Å². The maximum Gasteiger partial charge on any atom is 0.172 e. The maximum absolute atomic E-state index is 11.0. The van der Waals surface area contributed by atoms with Crippen LogP contribution in [0.2, 0.25) is 0 Å². The smallest absolute Gasteiger partial charge is 0.172 e. The highest BCUT2D eigenvalue weighted by Crippen LogP contribution is 2.17. The molecule has 0 unspecified atom stereocenters. The van der Waals surface area contributed by atoms with E-state index in [1.807, 2.05) is 0 Å². The highest BCUT2D eigenvalue weighted by molar-refractivity contribution is 5.81. The molecule has 0 aromatic carbocycles. The van der Waals surface area contributed by atoms with Crippen LogP contribution >= 0.6 is 0 Å². The number of Topliss-reactive ketones (excluding diaryl/α,β-unsaturated/α-hetero) is 1. The fourth-order valence-corrected chi connectivity index (χ4v) is 1.60. The summed E-state index contributed by atoms with van der Waals surface area (Å²) in [6, 6.07) is 0.575. The van der Waals surface area contributed by atoms with Crippen molar-refractivity contribution >= 4 is 5.78 Å². The van der Waals surface area contributed by atoms with E-state index in [9.17, 15) is 4.79 Å². The van der Waals surface area contributed by atoms with Crippen molar-refractivity contribution in [2.24, 2.45) is 0 Å². The summed E-state index contributed by atoms with van der Waals surface area (Å²) >= 11 is 0. The molecular weight excluding hydrogens is 154 g/mol. The van der Waals surface area contributed by atoms with Crippen LogP contribution in [0.1, 0.15) is 25.7 Å². The minimum Gasteiger partial charge on any atom is -0.377 e. The zero-order valence-corrected chi connectivity index (χ0v) is 7.64. The van der Waals surface area contributed by atoms with Crippen molar-refractivity contribution in [3.63, 3.8) is 0 Å². The van der Waals surface area contributed by atoms with Gasteiger partial charge in [0, 0.05) is 13.2 Å². The van der Waals surface area contributed by atoms with E-state index in [0.29, 0.717) is 12.6 Å². The lowest BCUT2D eigenvalue weighted by atomic mass is 10.2. The highest BCUT2D eigenvalue weighted by atomic mass is 16.5. The Morgan fingerprint density at radius 1 is 1.50 bits per heavy atom. The van der Waals surface area contributed by atoms with Gasteiger partial charge in [-0.05, 0) is 12.8 Å². The van der Waals surface area contributed by atoms with Crippen LogP contribution < -0.4 is 5.32 Å². The Kier molecular flexibility index (Phi) is 4.25. The Bertz CT molecular complexity index is 141. The molecular formula is C9H17NO2. The molecule has 0 aromatic rings. The third-order valence-electron chi connectivity index (χ3n) is 2.25. The van der Waals surface area contributed by atoms with Gasteiger partial charge < -0.3 is 10.1 Å². The van der Waals surface area contributed by atoms with Crippen LogP contribution in [0.3, 0.4) is 0 Å². The first-order chi connectivity index (χ1) is 5.83.